The minimum atomic E-state index is -0.430. The molecule has 6 heteroatoms. The van der Waals surface area contributed by atoms with E-state index in [-0.39, 0.29) is 5.17 Å². The summed E-state index contributed by atoms with van der Waals surface area (Å²) >= 11 is 1.19. The molecule has 0 atom stereocenters. The fourth-order valence-electron chi connectivity index (χ4n) is 0.968. The lowest BCUT2D eigenvalue weighted by Crippen LogP contribution is -2.09. The molecular formula is C9H9FN4S. The predicted molar refractivity (Wildman–Crippen MR) is 58.2 cm³/mol. The number of nitriles is 1. The summed E-state index contributed by atoms with van der Waals surface area (Å²) in [5.41, 5.74) is 6.38. The third-order valence-corrected chi connectivity index (χ3v) is 2.55. The van der Waals surface area contributed by atoms with Crippen LogP contribution in [0.2, 0.25) is 0 Å². The van der Waals surface area contributed by atoms with Crippen LogP contribution in [0.1, 0.15) is 11.1 Å². The van der Waals surface area contributed by atoms with E-state index in [0.29, 0.717) is 16.9 Å². The van der Waals surface area contributed by atoms with E-state index in [9.17, 15) is 4.39 Å². The van der Waals surface area contributed by atoms with E-state index in [2.05, 4.69) is 5.10 Å². The van der Waals surface area contributed by atoms with Gasteiger partial charge in [0.25, 0.3) is 0 Å². The molecule has 0 saturated carbocycles. The molecule has 1 aromatic rings. The fraction of sp³-hybridized carbons (Fsp3) is 0.111. The third kappa shape index (κ3) is 3.14. The van der Waals surface area contributed by atoms with Gasteiger partial charge in [0.2, 0.25) is 0 Å². The molecule has 0 heterocycles. The van der Waals surface area contributed by atoms with Gasteiger partial charge in [0, 0.05) is 5.75 Å². The largest absolute Gasteiger partial charge is 0.377 e. The number of halogens is 1. The Morgan fingerprint density at radius 1 is 1.60 bits per heavy atom. The van der Waals surface area contributed by atoms with Crippen molar-refractivity contribution in [1.29, 1.82) is 5.26 Å². The Labute approximate surface area is 90.8 Å². The summed E-state index contributed by atoms with van der Waals surface area (Å²) in [6.45, 7) is 0. The van der Waals surface area contributed by atoms with Crippen LogP contribution in [0.3, 0.4) is 0 Å². The minimum Gasteiger partial charge on any atom is -0.377 e. The highest BCUT2D eigenvalue weighted by molar-refractivity contribution is 8.13. The Bertz CT molecular complexity index is 425. The molecule has 1 aromatic carbocycles. The monoisotopic (exact) mass is 224 g/mol. The van der Waals surface area contributed by atoms with Crippen molar-refractivity contribution in [2.75, 3.05) is 0 Å². The first-order chi connectivity index (χ1) is 7.17. The highest BCUT2D eigenvalue weighted by atomic mass is 32.2. The molecule has 0 fully saturated rings. The molecule has 0 radical (unpaired) electrons. The zero-order valence-corrected chi connectivity index (χ0v) is 8.59. The van der Waals surface area contributed by atoms with E-state index in [4.69, 9.17) is 16.8 Å². The van der Waals surface area contributed by atoms with Gasteiger partial charge in [0.1, 0.15) is 5.82 Å². The van der Waals surface area contributed by atoms with Gasteiger partial charge in [-0.1, -0.05) is 17.8 Å². The number of nitrogens with two attached hydrogens (primary N) is 2. The van der Waals surface area contributed by atoms with Crippen molar-refractivity contribution < 1.29 is 4.39 Å². The van der Waals surface area contributed by atoms with Crippen LogP contribution < -0.4 is 11.6 Å². The first-order valence-corrected chi connectivity index (χ1v) is 5.00. The van der Waals surface area contributed by atoms with Crippen LogP contribution in [0.5, 0.6) is 0 Å². The second kappa shape index (κ2) is 5.22. The number of benzene rings is 1. The van der Waals surface area contributed by atoms with Crippen LogP contribution in [0.15, 0.2) is 23.3 Å². The van der Waals surface area contributed by atoms with Crippen LogP contribution in [0.25, 0.3) is 0 Å². The zero-order chi connectivity index (χ0) is 11.3. The Morgan fingerprint density at radius 3 is 2.93 bits per heavy atom. The molecule has 4 nitrogen and oxygen atoms in total. The minimum absolute atomic E-state index is 0.225. The van der Waals surface area contributed by atoms with Gasteiger partial charge in [-0.05, 0) is 17.7 Å². The van der Waals surface area contributed by atoms with Gasteiger partial charge in [-0.25, -0.2) is 4.39 Å². The number of amidine groups is 1. The van der Waals surface area contributed by atoms with Crippen molar-refractivity contribution in [3.8, 4) is 6.07 Å². The van der Waals surface area contributed by atoms with Crippen molar-refractivity contribution in [2.45, 2.75) is 5.75 Å². The molecule has 0 saturated heterocycles. The molecule has 0 bridgehead atoms. The Hall–Kier alpha value is -1.74. The van der Waals surface area contributed by atoms with Gasteiger partial charge in [-0.15, -0.1) is 0 Å². The highest BCUT2D eigenvalue weighted by Gasteiger charge is 2.04. The van der Waals surface area contributed by atoms with E-state index in [1.165, 1.54) is 23.9 Å². The van der Waals surface area contributed by atoms with Crippen molar-refractivity contribution in [1.82, 2.24) is 0 Å². The number of hydrogen-bond donors (Lipinski definition) is 2. The summed E-state index contributed by atoms with van der Waals surface area (Å²) in [6.07, 6.45) is 0. The summed E-state index contributed by atoms with van der Waals surface area (Å²) in [7, 11) is 0. The van der Waals surface area contributed by atoms with Gasteiger partial charge in [0.05, 0.1) is 11.6 Å². The average molecular weight is 224 g/mol. The lowest BCUT2D eigenvalue weighted by molar-refractivity contribution is 0.627. The predicted octanol–water partition coefficient (Wildman–Crippen LogP) is 1.12. The number of nitrogens with zero attached hydrogens (tertiary/aromatic N) is 2. The summed E-state index contributed by atoms with van der Waals surface area (Å²) in [6, 6.07) is 5.94. The van der Waals surface area contributed by atoms with E-state index in [1.54, 1.807) is 6.07 Å². The van der Waals surface area contributed by atoms with E-state index >= 15 is 0 Å². The fourth-order valence-corrected chi connectivity index (χ4v) is 1.60. The quantitative estimate of drug-likeness (QED) is 0.341. The first-order valence-electron chi connectivity index (χ1n) is 4.02. The van der Waals surface area contributed by atoms with Crippen molar-refractivity contribution in [3.05, 3.63) is 35.1 Å². The third-order valence-electron chi connectivity index (χ3n) is 1.70. The standard InChI is InChI=1S/C9H9FN4S/c10-8-2-1-6(7(3-8)4-11)5-15-9(12)14-13/h1-3H,5,13H2,(H2,12,14). The van der Waals surface area contributed by atoms with Gasteiger partial charge in [-0.2, -0.15) is 10.4 Å². The number of thioether (sulfide) groups is 1. The molecular weight excluding hydrogens is 215 g/mol. The number of hydrazone groups is 1. The van der Waals surface area contributed by atoms with Crippen LogP contribution in [-0.4, -0.2) is 5.17 Å². The summed E-state index contributed by atoms with van der Waals surface area (Å²) in [4.78, 5) is 0. The summed E-state index contributed by atoms with van der Waals surface area (Å²) < 4.78 is 12.8. The van der Waals surface area contributed by atoms with Crippen molar-refractivity contribution in [2.24, 2.45) is 16.7 Å². The molecule has 78 valence electrons. The van der Waals surface area contributed by atoms with Crippen molar-refractivity contribution >= 4 is 16.9 Å². The number of rotatable bonds is 2. The van der Waals surface area contributed by atoms with E-state index in [0.717, 1.165) is 0 Å². The molecule has 0 aliphatic rings. The molecule has 0 aliphatic heterocycles. The molecule has 0 amide bonds. The van der Waals surface area contributed by atoms with Crippen LogP contribution in [-0.2, 0) is 5.75 Å². The Kier molecular flexibility index (Phi) is 3.94. The molecule has 1 rings (SSSR count). The zero-order valence-electron chi connectivity index (χ0n) is 7.77. The second-order valence-electron chi connectivity index (χ2n) is 2.67. The SMILES string of the molecule is N#Cc1cc(F)ccc1CSC(N)=NN. The van der Waals surface area contributed by atoms with E-state index in [1.807, 2.05) is 6.07 Å². The molecule has 0 aliphatic carbocycles. The smallest absolute Gasteiger partial charge is 0.177 e. The lowest BCUT2D eigenvalue weighted by atomic mass is 10.1. The van der Waals surface area contributed by atoms with E-state index < -0.39 is 5.82 Å². The normalized spacial score (nSPS) is 11.1. The van der Waals surface area contributed by atoms with Gasteiger partial charge < -0.3 is 11.6 Å². The van der Waals surface area contributed by atoms with Gasteiger partial charge in [0.15, 0.2) is 5.17 Å². The van der Waals surface area contributed by atoms with Crippen LogP contribution in [0.4, 0.5) is 4.39 Å². The highest BCUT2D eigenvalue weighted by Crippen LogP contribution is 2.17. The first kappa shape index (κ1) is 11.3. The van der Waals surface area contributed by atoms with Crippen molar-refractivity contribution in [3.63, 3.8) is 0 Å². The van der Waals surface area contributed by atoms with Crippen LogP contribution in [0, 0.1) is 17.1 Å². The molecule has 0 spiro atoms. The van der Waals surface area contributed by atoms with Gasteiger partial charge in [-0.3, -0.25) is 0 Å². The molecule has 0 unspecified atom stereocenters. The average Bonchev–Trinajstić information content (AvgIpc) is 2.26. The maximum Gasteiger partial charge on any atom is 0.177 e. The second-order valence-corrected chi connectivity index (χ2v) is 3.66. The van der Waals surface area contributed by atoms with Gasteiger partial charge >= 0.3 is 0 Å². The Balaban J connectivity index is 2.82. The molecule has 4 N–H and O–H groups in total. The molecule has 0 aromatic heterocycles. The number of hydrogen-bond acceptors (Lipinski definition) is 4. The summed E-state index contributed by atoms with van der Waals surface area (Å²) in [5.74, 6) is 4.96. The maximum atomic E-state index is 12.8. The lowest BCUT2D eigenvalue weighted by Gasteiger charge is -2.02. The van der Waals surface area contributed by atoms with Crippen LogP contribution >= 0.6 is 11.8 Å². The maximum absolute atomic E-state index is 12.8. The molecule has 15 heavy (non-hydrogen) atoms. The Morgan fingerprint density at radius 2 is 2.33 bits per heavy atom. The topological polar surface area (TPSA) is 88.2 Å². The summed E-state index contributed by atoms with van der Waals surface area (Å²) in [5, 5.41) is 12.3.